The van der Waals surface area contributed by atoms with Gasteiger partial charge < -0.3 is 10.4 Å². The monoisotopic (exact) mass is 212 g/mol. The molecule has 0 aliphatic heterocycles. The minimum absolute atomic E-state index is 0.0548. The average molecular weight is 212 g/mol. The van der Waals surface area contributed by atoms with E-state index < -0.39 is 5.97 Å². The minimum Gasteiger partial charge on any atom is -0.481 e. The Morgan fingerprint density at radius 3 is 2.73 bits per heavy atom. The van der Waals surface area contributed by atoms with Crippen LogP contribution in [0.3, 0.4) is 0 Å². The zero-order valence-corrected chi connectivity index (χ0v) is 8.75. The molecule has 0 heterocycles. The van der Waals surface area contributed by atoms with Gasteiger partial charge in [0.2, 0.25) is 5.91 Å². The van der Waals surface area contributed by atoms with Gasteiger partial charge in [0.15, 0.2) is 0 Å². The molecule has 0 aliphatic carbocycles. The maximum atomic E-state index is 11.2. The lowest BCUT2D eigenvalue weighted by atomic mass is 10.2. The first-order valence-electron chi connectivity index (χ1n) is 4.71. The van der Waals surface area contributed by atoms with Crippen LogP contribution in [0.4, 0.5) is 0 Å². The summed E-state index contributed by atoms with van der Waals surface area (Å²) >= 11 is 0. The van der Waals surface area contributed by atoms with E-state index in [9.17, 15) is 9.59 Å². The number of rotatable bonds is 7. The summed E-state index contributed by atoms with van der Waals surface area (Å²) in [4.78, 5) is 21.4. The molecule has 0 radical (unpaired) electrons. The Labute approximate surface area is 89.2 Å². The van der Waals surface area contributed by atoms with Gasteiger partial charge in [-0.25, -0.2) is 0 Å². The van der Waals surface area contributed by atoms with E-state index in [0.29, 0.717) is 13.0 Å². The molecule has 0 saturated heterocycles. The molecule has 0 bridgehead atoms. The van der Waals surface area contributed by atoms with E-state index in [4.69, 9.17) is 11.5 Å². The first-order chi connectivity index (χ1) is 7.06. The third-order valence-electron chi connectivity index (χ3n) is 1.71. The number of amides is 1. The number of hydrogen-bond donors (Lipinski definition) is 3. The van der Waals surface area contributed by atoms with Crippen LogP contribution >= 0.6 is 0 Å². The largest absolute Gasteiger partial charge is 0.481 e. The number of carbonyl (C=O) groups is 2. The molecule has 0 aromatic carbocycles. The number of carboxylic acids is 1. The van der Waals surface area contributed by atoms with Gasteiger partial charge in [0.25, 0.3) is 0 Å². The van der Waals surface area contributed by atoms with Crippen LogP contribution in [-0.4, -0.2) is 36.1 Å². The fourth-order valence-electron chi connectivity index (χ4n) is 0.986. The summed E-state index contributed by atoms with van der Waals surface area (Å²) in [6.07, 6.45) is 5.47. The third kappa shape index (κ3) is 8.78. The molecule has 0 fully saturated rings. The Kier molecular flexibility index (Phi) is 7.02. The summed E-state index contributed by atoms with van der Waals surface area (Å²) in [6, 6.07) is -0.138. The van der Waals surface area contributed by atoms with Gasteiger partial charge in [-0.2, -0.15) is 0 Å². The first-order valence-corrected chi connectivity index (χ1v) is 4.71. The Morgan fingerprint density at radius 2 is 2.20 bits per heavy atom. The number of aliphatic carboxylic acids is 1. The van der Waals surface area contributed by atoms with Crippen molar-refractivity contribution in [1.29, 1.82) is 0 Å². The molecule has 0 aromatic rings. The molecule has 0 spiro atoms. The van der Waals surface area contributed by atoms with Gasteiger partial charge in [-0.05, 0) is 13.3 Å². The average Bonchev–Trinajstić information content (AvgIpc) is 2.15. The van der Waals surface area contributed by atoms with E-state index in [-0.39, 0.29) is 24.9 Å². The smallest absolute Gasteiger partial charge is 0.303 e. The van der Waals surface area contributed by atoms with Crippen LogP contribution in [-0.2, 0) is 9.59 Å². The minimum atomic E-state index is -0.860. The highest BCUT2D eigenvalue weighted by Gasteiger charge is 2.08. The first kappa shape index (κ1) is 13.5. The van der Waals surface area contributed by atoms with Crippen molar-refractivity contribution >= 4 is 11.9 Å². The summed E-state index contributed by atoms with van der Waals surface area (Å²) in [7, 11) is 0. The molecule has 5 heteroatoms. The highest BCUT2D eigenvalue weighted by molar-refractivity contribution is 5.78. The van der Waals surface area contributed by atoms with Crippen molar-refractivity contribution < 1.29 is 14.7 Å². The van der Waals surface area contributed by atoms with Gasteiger partial charge in [-0.1, -0.05) is 5.92 Å². The number of terminal acetylenes is 1. The topological polar surface area (TPSA) is 78.4 Å². The highest BCUT2D eigenvalue weighted by atomic mass is 16.4. The van der Waals surface area contributed by atoms with Gasteiger partial charge in [0.1, 0.15) is 0 Å². The van der Waals surface area contributed by atoms with Gasteiger partial charge in [-0.3, -0.25) is 14.9 Å². The van der Waals surface area contributed by atoms with Crippen molar-refractivity contribution in [2.24, 2.45) is 0 Å². The second-order valence-electron chi connectivity index (χ2n) is 3.21. The lowest BCUT2D eigenvalue weighted by molar-refractivity contribution is -0.137. The molecule has 5 nitrogen and oxygen atoms in total. The fourth-order valence-corrected chi connectivity index (χ4v) is 0.986. The fraction of sp³-hybridized carbons (Fsp3) is 0.600. The summed E-state index contributed by atoms with van der Waals surface area (Å²) < 4.78 is 0. The number of nitrogens with one attached hydrogen (secondary N) is 2. The van der Waals surface area contributed by atoms with Gasteiger partial charge in [0, 0.05) is 12.5 Å². The molecule has 84 valence electrons. The van der Waals surface area contributed by atoms with E-state index in [0.717, 1.165) is 0 Å². The zero-order valence-electron chi connectivity index (χ0n) is 8.75. The molecule has 3 N–H and O–H groups in total. The van der Waals surface area contributed by atoms with E-state index in [1.165, 1.54) is 0 Å². The second kappa shape index (κ2) is 7.83. The van der Waals surface area contributed by atoms with Crippen LogP contribution < -0.4 is 10.6 Å². The van der Waals surface area contributed by atoms with Crippen molar-refractivity contribution in [3.63, 3.8) is 0 Å². The predicted molar refractivity (Wildman–Crippen MR) is 56.2 cm³/mol. The zero-order chi connectivity index (χ0) is 11.7. The Hall–Kier alpha value is -1.54. The molecule has 1 unspecified atom stereocenters. The molecule has 1 amide bonds. The quantitative estimate of drug-likeness (QED) is 0.395. The highest BCUT2D eigenvalue weighted by Crippen LogP contribution is 1.95. The van der Waals surface area contributed by atoms with Crippen LogP contribution in [0, 0.1) is 12.3 Å². The summed E-state index contributed by atoms with van der Waals surface area (Å²) in [5, 5.41) is 13.8. The molecular weight excluding hydrogens is 196 g/mol. The Bertz CT molecular complexity index is 258. The van der Waals surface area contributed by atoms with Gasteiger partial charge in [-0.15, -0.1) is 6.42 Å². The van der Waals surface area contributed by atoms with E-state index in [2.05, 4.69) is 16.6 Å². The van der Waals surface area contributed by atoms with Crippen molar-refractivity contribution in [3.05, 3.63) is 0 Å². The maximum Gasteiger partial charge on any atom is 0.303 e. The standard InChI is InChI=1S/C10H16N2O3/c1-3-6-11-7-9(13)12-8(2)4-5-10(14)15/h1,8,11H,4-7H2,2H3,(H,12,13)(H,14,15). The van der Waals surface area contributed by atoms with Crippen molar-refractivity contribution in [2.75, 3.05) is 13.1 Å². The molecule has 0 saturated carbocycles. The van der Waals surface area contributed by atoms with Crippen molar-refractivity contribution in [1.82, 2.24) is 10.6 Å². The summed E-state index contributed by atoms with van der Waals surface area (Å²) in [5.41, 5.74) is 0. The molecule has 0 aromatic heterocycles. The normalized spacial score (nSPS) is 11.5. The van der Waals surface area contributed by atoms with Crippen LogP contribution in [0.25, 0.3) is 0 Å². The van der Waals surface area contributed by atoms with E-state index in [1.807, 2.05) is 0 Å². The molecule has 1 atom stereocenters. The second-order valence-corrected chi connectivity index (χ2v) is 3.21. The van der Waals surface area contributed by atoms with Crippen LogP contribution in [0.5, 0.6) is 0 Å². The maximum absolute atomic E-state index is 11.2. The number of carbonyl (C=O) groups excluding carboxylic acids is 1. The molecule has 15 heavy (non-hydrogen) atoms. The van der Waals surface area contributed by atoms with Gasteiger partial charge >= 0.3 is 5.97 Å². The Balaban J connectivity index is 3.58. The van der Waals surface area contributed by atoms with Crippen LogP contribution in [0.1, 0.15) is 19.8 Å². The van der Waals surface area contributed by atoms with Gasteiger partial charge in [0.05, 0.1) is 13.1 Å². The molecule has 0 rings (SSSR count). The Morgan fingerprint density at radius 1 is 1.53 bits per heavy atom. The molecule has 0 aliphatic rings. The van der Waals surface area contributed by atoms with E-state index in [1.54, 1.807) is 6.92 Å². The lowest BCUT2D eigenvalue weighted by Crippen LogP contribution is -2.39. The number of hydrogen-bond acceptors (Lipinski definition) is 3. The molecular formula is C10H16N2O3. The van der Waals surface area contributed by atoms with Crippen molar-refractivity contribution in [3.8, 4) is 12.3 Å². The number of carboxylic acid groups (broad SMARTS) is 1. The lowest BCUT2D eigenvalue weighted by Gasteiger charge is -2.12. The van der Waals surface area contributed by atoms with Crippen molar-refractivity contribution in [2.45, 2.75) is 25.8 Å². The predicted octanol–water partition coefficient (Wildman–Crippen LogP) is -0.421. The summed E-state index contributed by atoms with van der Waals surface area (Å²) in [5.74, 6) is 1.31. The summed E-state index contributed by atoms with van der Waals surface area (Å²) in [6.45, 7) is 2.26. The SMILES string of the molecule is C#CCNCC(=O)NC(C)CCC(=O)O. The van der Waals surface area contributed by atoms with Crippen LogP contribution in [0.15, 0.2) is 0 Å². The van der Waals surface area contributed by atoms with Crippen LogP contribution in [0.2, 0.25) is 0 Å². The third-order valence-corrected chi connectivity index (χ3v) is 1.71. The van der Waals surface area contributed by atoms with E-state index >= 15 is 0 Å².